The van der Waals surface area contributed by atoms with Crippen LogP contribution in [0.25, 0.3) is 0 Å². The quantitative estimate of drug-likeness (QED) is 0.396. The van der Waals surface area contributed by atoms with Crippen molar-refractivity contribution in [2.45, 2.75) is 58.8 Å². The third-order valence-electron chi connectivity index (χ3n) is 4.22. The fourth-order valence-corrected chi connectivity index (χ4v) is 2.77. The van der Waals surface area contributed by atoms with Gasteiger partial charge in [-0.15, -0.1) is 0 Å². The van der Waals surface area contributed by atoms with Crippen LogP contribution in [0.2, 0.25) is 0 Å². The smallest absolute Gasteiger partial charge is 0.207 e. The first-order valence-electron chi connectivity index (χ1n) is 7.75. The molecular formula is C17H29NO. The van der Waals surface area contributed by atoms with Gasteiger partial charge in [-0.2, -0.15) is 0 Å². The van der Waals surface area contributed by atoms with Crippen molar-refractivity contribution in [3.8, 4) is 0 Å². The van der Waals surface area contributed by atoms with Gasteiger partial charge in [0.15, 0.2) is 0 Å². The summed E-state index contributed by atoms with van der Waals surface area (Å²) in [4.78, 5) is 10.1. The van der Waals surface area contributed by atoms with Crippen molar-refractivity contribution in [1.29, 1.82) is 0 Å². The summed E-state index contributed by atoms with van der Waals surface area (Å²) >= 11 is 0. The third kappa shape index (κ3) is 7.19. The Balaban J connectivity index is 2.19. The van der Waals surface area contributed by atoms with E-state index < -0.39 is 0 Å². The first kappa shape index (κ1) is 16.0. The summed E-state index contributed by atoms with van der Waals surface area (Å²) in [6, 6.07) is 0. The summed E-state index contributed by atoms with van der Waals surface area (Å²) in [6.07, 6.45) is 16.5. The molecule has 1 amide bonds. The normalized spacial score (nSPS) is 24.6. The van der Waals surface area contributed by atoms with Gasteiger partial charge in [0.05, 0.1) is 0 Å². The molecule has 0 spiro atoms. The summed E-state index contributed by atoms with van der Waals surface area (Å²) in [5.74, 6) is 1.89. The Morgan fingerprint density at radius 3 is 2.63 bits per heavy atom. The van der Waals surface area contributed by atoms with Gasteiger partial charge in [-0.05, 0) is 38.0 Å². The van der Waals surface area contributed by atoms with Crippen LogP contribution < -0.4 is 5.32 Å². The molecule has 1 saturated carbocycles. The van der Waals surface area contributed by atoms with Gasteiger partial charge in [0.25, 0.3) is 0 Å². The van der Waals surface area contributed by atoms with Crippen LogP contribution in [0.4, 0.5) is 0 Å². The van der Waals surface area contributed by atoms with Gasteiger partial charge < -0.3 is 5.32 Å². The number of hydrogen-bond acceptors (Lipinski definition) is 1. The van der Waals surface area contributed by atoms with Crippen molar-refractivity contribution >= 4 is 6.41 Å². The lowest BCUT2D eigenvalue weighted by atomic mass is 9.80. The zero-order valence-electron chi connectivity index (χ0n) is 12.5. The standard InChI is InChI=1S/C17H29NO/c1-3-16(6-4-5-13-18-14-19)11-12-17-9-7-15(2)8-10-17/h3-4,6,14-15,17H,5,7-13H2,1-2H3,(H,18,19)/b6-4+,16-3+. The maximum absolute atomic E-state index is 10.1. The molecule has 0 atom stereocenters. The highest BCUT2D eigenvalue weighted by molar-refractivity contribution is 5.45. The lowest BCUT2D eigenvalue weighted by molar-refractivity contribution is -0.109. The second-order valence-electron chi connectivity index (χ2n) is 5.79. The molecular weight excluding hydrogens is 234 g/mol. The topological polar surface area (TPSA) is 29.1 Å². The highest BCUT2D eigenvalue weighted by Crippen LogP contribution is 2.32. The highest BCUT2D eigenvalue weighted by atomic mass is 16.1. The van der Waals surface area contributed by atoms with Crippen LogP contribution in [0.15, 0.2) is 23.8 Å². The molecule has 1 N–H and O–H groups in total. The van der Waals surface area contributed by atoms with Crippen LogP contribution >= 0.6 is 0 Å². The van der Waals surface area contributed by atoms with Crippen LogP contribution in [-0.4, -0.2) is 13.0 Å². The summed E-state index contributed by atoms with van der Waals surface area (Å²) in [5, 5.41) is 2.68. The Morgan fingerprint density at radius 1 is 1.26 bits per heavy atom. The van der Waals surface area contributed by atoms with E-state index in [1.54, 1.807) is 0 Å². The Bertz CT molecular complexity index is 298. The number of amides is 1. The Morgan fingerprint density at radius 2 is 2.00 bits per heavy atom. The lowest BCUT2D eigenvalue weighted by Gasteiger charge is -2.26. The SMILES string of the molecule is C/C=C(\C=C\CCNC=O)CCC1CCC(C)CC1. The fraction of sp³-hybridized carbons (Fsp3) is 0.706. The van der Waals surface area contributed by atoms with E-state index in [-0.39, 0.29) is 0 Å². The number of carbonyl (C=O) groups excluding carboxylic acids is 1. The minimum Gasteiger partial charge on any atom is -0.358 e. The second-order valence-corrected chi connectivity index (χ2v) is 5.79. The monoisotopic (exact) mass is 263 g/mol. The summed E-state index contributed by atoms with van der Waals surface area (Å²) in [5.41, 5.74) is 1.43. The van der Waals surface area contributed by atoms with E-state index in [1.807, 2.05) is 0 Å². The molecule has 0 saturated heterocycles. The number of rotatable bonds is 8. The minimum atomic E-state index is 0.734. The van der Waals surface area contributed by atoms with Gasteiger partial charge >= 0.3 is 0 Å². The third-order valence-corrected chi connectivity index (χ3v) is 4.22. The van der Waals surface area contributed by atoms with E-state index in [0.29, 0.717) is 0 Å². The van der Waals surface area contributed by atoms with E-state index in [9.17, 15) is 4.79 Å². The van der Waals surface area contributed by atoms with Crippen LogP contribution in [-0.2, 0) is 4.79 Å². The molecule has 1 rings (SSSR count). The molecule has 2 heteroatoms. The van der Waals surface area contributed by atoms with Crippen molar-refractivity contribution in [3.63, 3.8) is 0 Å². The molecule has 1 aliphatic rings. The van der Waals surface area contributed by atoms with Crippen molar-refractivity contribution in [2.75, 3.05) is 6.54 Å². The Hall–Kier alpha value is -1.05. The molecule has 0 aromatic rings. The van der Waals surface area contributed by atoms with Crippen molar-refractivity contribution in [2.24, 2.45) is 11.8 Å². The lowest BCUT2D eigenvalue weighted by Crippen LogP contribution is -2.12. The number of carbonyl (C=O) groups is 1. The zero-order valence-corrected chi connectivity index (χ0v) is 12.5. The largest absolute Gasteiger partial charge is 0.358 e. The Kier molecular flexibility index (Phi) is 8.28. The molecule has 0 radical (unpaired) electrons. The first-order chi connectivity index (χ1) is 9.26. The molecule has 0 aromatic heterocycles. The second kappa shape index (κ2) is 9.82. The van der Waals surface area contributed by atoms with E-state index in [0.717, 1.165) is 31.2 Å². The van der Waals surface area contributed by atoms with Crippen LogP contribution in [0.5, 0.6) is 0 Å². The van der Waals surface area contributed by atoms with Gasteiger partial charge in [0.1, 0.15) is 0 Å². The van der Waals surface area contributed by atoms with Gasteiger partial charge in [-0.1, -0.05) is 56.4 Å². The van der Waals surface area contributed by atoms with E-state index >= 15 is 0 Å². The van der Waals surface area contributed by atoms with Gasteiger partial charge in [-0.25, -0.2) is 0 Å². The summed E-state index contributed by atoms with van der Waals surface area (Å²) in [6.45, 7) is 5.23. The average molecular weight is 263 g/mol. The van der Waals surface area contributed by atoms with Crippen LogP contribution in [0.3, 0.4) is 0 Å². The molecule has 0 unspecified atom stereocenters. The zero-order chi connectivity index (χ0) is 13.9. The molecule has 0 bridgehead atoms. The first-order valence-corrected chi connectivity index (χ1v) is 7.75. The van der Waals surface area contributed by atoms with Crippen molar-refractivity contribution in [3.05, 3.63) is 23.8 Å². The molecule has 19 heavy (non-hydrogen) atoms. The maximum Gasteiger partial charge on any atom is 0.207 e. The molecule has 2 nitrogen and oxygen atoms in total. The van der Waals surface area contributed by atoms with Crippen LogP contribution in [0, 0.1) is 11.8 Å². The molecule has 108 valence electrons. The van der Waals surface area contributed by atoms with Crippen molar-refractivity contribution in [1.82, 2.24) is 5.32 Å². The minimum absolute atomic E-state index is 0.734. The maximum atomic E-state index is 10.1. The van der Waals surface area contributed by atoms with E-state index in [1.165, 1.54) is 44.1 Å². The number of nitrogens with one attached hydrogen (secondary N) is 1. The van der Waals surface area contributed by atoms with E-state index in [4.69, 9.17) is 0 Å². The predicted octanol–water partition coefficient (Wildman–Crippen LogP) is 4.23. The molecule has 0 heterocycles. The highest BCUT2D eigenvalue weighted by Gasteiger charge is 2.17. The molecule has 0 aliphatic heterocycles. The van der Waals surface area contributed by atoms with Crippen LogP contribution in [0.1, 0.15) is 58.8 Å². The number of allylic oxidation sites excluding steroid dienone is 3. The summed E-state index contributed by atoms with van der Waals surface area (Å²) < 4.78 is 0. The van der Waals surface area contributed by atoms with E-state index in [2.05, 4.69) is 37.4 Å². The average Bonchev–Trinajstić information content (AvgIpc) is 2.44. The van der Waals surface area contributed by atoms with Gasteiger partial charge in [0.2, 0.25) is 6.41 Å². The summed E-state index contributed by atoms with van der Waals surface area (Å²) in [7, 11) is 0. The number of hydrogen-bond donors (Lipinski definition) is 1. The Labute approximate surface area is 118 Å². The predicted molar refractivity (Wildman–Crippen MR) is 81.9 cm³/mol. The van der Waals surface area contributed by atoms with Crippen molar-refractivity contribution < 1.29 is 4.79 Å². The van der Waals surface area contributed by atoms with Gasteiger partial charge in [-0.3, -0.25) is 4.79 Å². The van der Waals surface area contributed by atoms with Gasteiger partial charge in [0, 0.05) is 6.54 Å². The molecule has 1 fully saturated rings. The molecule has 0 aromatic carbocycles. The fourth-order valence-electron chi connectivity index (χ4n) is 2.77. The molecule has 1 aliphatic carbocycles.